The van der Waals surface area contributed by atoms with Crippen LogP contribution in [0.3, 0.4) is 0 Å². The minimum absolute atomic E-state index is 0.0625. The van der Waals surface area contributed by atoms with E-state index in [1.165, 1.54) is 17.2 Å². The molecule has 2 aliphatic carbocycles. The van der Waals surface area contributed by atoms with Crippen molar-refractivity contribution in [3.05, 3.63) is 46.8 Å². The van der Waals surface area contributed by atoms with E-state index >= 15 is 0 Å². The smallest absolute Gasteiger partial charge is 0.272 e. The fourth-order valence-electron chi connectivity index (χ4n) is 4.40. The maximum absolute atomic E-state index is 13.7. The second-order valence-corrected chi connectivity index (χ2v) is 8.02. The van der Waals surface area contributed by atoms with Gasteiger partial charge in [0.2, 0.25) is 5.91 Å². The standard InChI is InChI=1S/C22H26F2N4O2/c23-17-10-9-15(13-18(17)24)28-19-8-4-7-16(19)20(27-28)22(30)26-12-11-25-21(29)14-5-2-1-3-6-14/h9-10,13-14H,1-8,11-12H2,(H,25,29)(H,26,30). The third-order valence-corrected chi connectivity index (χ3v) is 5.98. The first kappa shape index (κ1) is 20.5. The zero-order valence-corrected chi connectivity index (χ0v) is 16.8. The van der Waals surface area contributed by atoms with Crippen molar-refractivity contribution in [3.8, 4) is 5.69 Å². The van der Waals surface area contributed by atoms with E-state index in [-0.39, 0.29) is 17.7 Å². The summed E-state index contributed by atoms with van der Waals surface area (Å²) < 4.78 is 28.5. The lowest BCUT2D eigenvalue weighted by atomic mass is 9.89. The normalized spacial score (nSPS) is 16.3. The molecule has 0 saturated heterocycles. The largest absolute Gasteiger partial charge is 0.354 e. The monoisotopic (exact) mass is 416 g/mol. The zero-order chi connectivity index (χ0) is 21.1. The van der Waals surface area contributed by atoms with Crippen molar-refractivity contribution in [2.75, 3.05) is 13.1 Å². The van der Waals surface area contributed by atoms with Crippen molar-refractivity contribution in [1.29, 1.82) is 0 Å². The first-order chi connectivity index (χ1) is 14.5. The van der Waals surface area contributed by atoms with Crippen molar-refractivity contribution < 1.29 is 18.4 Å². The molecule has 2 amide bonds. The third-order valence-electron chi connectivity index (χ3n) is 5.98. The predicted molar refractivity (Wildman–Crippen MR) is 107 cm³/mol. The average Bonchev–Trinajstić information content (AvgIpc) is 3.36. The van der Waals surface area contributed by atoms with Crippen LogP contribution in [0.25, 0.3) is 5.69 Å². The van der Waals surface area contributed by atoms with Gasteiger partial charge in [0.15, 0.2) is 17.3 Å². The Morgan fingerprint density at radius 3 is 2.53 bits per heavy atom. The third kappa shape index (κ3) is 4.22. The molecular weight excluding hydrogens is 390 g/mol. The molecule has 0 aliphatic heterocycles. The van der Waals surface area contributed by atoms with E-state index in [1.807, 2.05) is 0 Å². The number of hydrogen-bond acceptors (Lipinski definition) is 3. The molecule has 1 fully saturated rings. The Balaban J connectivity index is 1.38. The average molecular weight is 416 g/mol. The molecule has 0 atom stereocenters. The maximum atomic E-state index is 13.7. The summed E-state index contributed by atoms with van der Waals surface area (Å²) in [5, 5.41) is 10.1. The van der Waals surface area contributed by atoms with Crippen LogP contribution in [0.5, 0.6) is 0 Å². The highest BCUT2D eigenvalue weighted by molar-refractivity contribution is 5.94. The summed E-state index contributed by atoms with van der Waals surface area (Å²) in [6.45, 7) is 0.678. The van der Waals surface area contributed by atoms with Gasteiger partial charge in [0.1, 0.15) is 0 Å². The van der Waals surface area contributed by atoms with Crippen LogP contribution in [-0.2, 0) is 17.6 Å². The number of rotatable bonds is 6. The molecule has 0 unspecified atom stereocenters. The van der Waals surface area contributed by atoms with Crippen LogP contribution >= 0.6 is 0 Å². The fourth-order valence-corrected chi connectivity index (χ4v) is 4.40. The van der Waals surface area contributed by atoms with Crippen LogP contribution in [0.15, 0.2) is 18.2 Å². The van der Waals surface area contributed by atoms with Gasteiger partial charge in [0, 0.05) is 36.3 Å². The molecule has 2 N–H and O–H groups in total. The second-order valence-electron chi connectivity index (χ2n) is 8.02. The van der Waals surface area contributed by atoms with Crippen molar-refractivity contribution in [3.63, 3.8) is 0 Å². The van der Waals surface area contributed by atoms with Crippen molar-refractivity contribution in [2.24, 2.45) is 5.92 Å². The number of amides is 2. The van der Waals surface area contributed by atoms with E-state index in [0.717, 1.165) is 68.3 Å². The molecule has 2 aromatic rings. The highest BCUT2D eigenvalue weighted by atomic mass is 19.2. The van der Waals surface area contributed by atoms with E-state index in [2.05, 4.69) is 15.7 Å². The number of benzene rings is 1. The summed E-state index contributed by atoms with van der Waals surface area (Å²) in [6, 6.07) is 3.60. The van der Waals surface area contributed by atoms with Crippen LogP contribution in [-0.4, -0.2) is 34.7 Å². The van der Waals surface area contributed by atoms with Crippen LogP contribution < -0.4 is 10.6 Å². The van der Waals surface area contributed by atoms with Crippen LogP contribution in [0.4, 0.5) is 8.78 Å². The number of hydrogen-bond donors (Lipinski definition) is 2. The summed E-state index contributed by atoms with van der Waals surface area (Å²) in [5.41, 5.74) is 2.41. The summed E-state index contributed by atoms with van der Waals surface area (Å²) in [6.07, 6.45) is 7.60. The molecule has 1 heterocycles. The predicted octanol–water partition coefficient (Wildman–Crippen LogP) is 3.07. The number of halogens is 2. The zero-order valence-electron chi connectivity index (χ0n) is 16.8. The van der Waals surface area contributed by atoms with Gasteiger partial charge in [-0.25, -0.2) is 13.5 Å². The van der Waals surface area contributed by atoms with E-state index in [4.69, 9.17) is 0 Å². The van der Waals surface area contributed by atoms with Crippen LogP contribution in [0, 0.1) is 17.6 Å². The highest BCUT2D eigenvalue weighted by Crippen LogP contribution is 2.28. The van der Waals surface area contributed by atoms with Gasteiger partial charge in [0.05, 0.1) is 5.69 Å². The Kier molecular flexibility index (Phi) is 6.11. The first-order valence-corrected chi connectivity index (χ1v) is 10.7. The molecule has 1 aromatic carbocycles. The molecule has 0 spiro atoms. The second kappa shape index (κ2) is 8.93. The van der Waals surface area contributed by atoms with E-state index in [0.29, 0.717) is 24.5 Å². The van der Waals surface area contributed by atoms with Gasteiger partial charge in [-0.05, 0) is 44.2 Å². The van der Waals surface area contributed by atoms with E-state index < -0.39 is 11.6 Å². The molecule has 160 valence electrons. The van der Waals surface area contributed by atoms with Gasteiger partial charge in [-0.1, -0.05) is 19.3 Å². The maximum Gasteiger partial charge on any atom is 0.272 e. The summed E-state index contributed by atoms with van der Waals surface area (Å²) in [4.78, 5) is 24.9. The van der Waals surface area contributed by atoms with Crippen molar-refractivity contribution in [1.82, 2.24) is 20.4 Å². The minimum atomic E-state index is -0.950. The van der Waals surface area contributed by atoms with Crippen molar-refractivity contribution in [2.45, 2.75) is 51.4 Å². The number of aromatic nitrogens is 2. The SMILES string of the molecule is O=C(NCCNC(=O)C1CCCCC1)c1nn(-c2ccc(F)c(F)c2)c2c1CCC2. The van der Waals surface area contributed by atoms with Gasteiger partial charge in [0.25, 0.3) is 5.91 Å². The molecule has 0 bridgehead atoms. The number of nitrogens with zero attached hydrogens (tertiary/aromatic N) is 2. The molecule has 2 aliphatic rings. The Morgan fingerprint density at radius 2 is 1.77 bits per heavy atom. The fraction of sp³-hybridized carbons (Fsp3) is 0.500. The van der Waals surface area contributed by atoms with Gasteiger partial charge >= 0.3 is 0 Å². The Labute approximate surface area is 174 Å². The molecule has 6 nitrogen and oxygen atoms in total. The van der Waals surface area contributed by atoms with Crippen LogP contribution in [0.1, 0.15) is 60.3 Å². The topological polar surface area (TPSA) is 76.0 Å². The summed E-state index contributed by atoms with van der Waals surface area (Å²) in [5.74, 6) is -2.04. The van der Waals surface area contributed by atoms with Gasteiger partial charge in [-0.15, -0.1) is 0 Å². The molecular formula is C22H26F2N4O2. The Hall–Kier alpha value is -2.77. The van der Waals surface area contributed by atoms with E-state index in [1.54, 1.807) is 0 Å². The number of carbonyl (C=O) groups is 2. The molecule has 30 heavy (non-hydrogen) atoms. The van der Waals surface area contributed by atoms with Crippen molar-refractivity contribution >= 4 is 11.8 Å². The van der Waals surface area contributed by atoms with E-state index in [9.17, 15) is 18.4 Å². The minimum Gasteiger partial charge on any atom is -0.354 e. The quantitative estimate of drug-likeness (QED) is 0.711. The molecule has 1 aromatic heterocycles. The van der Waals surface area contributed by atoms with Gasteiger partial charge < -0.3 is 10.6 Å². The van der Waals surface area contributed by atoms with Gasteiger partial charge in [-0.3, -0.25) is 9.59 Å². The highest BCUT2D eigenvalue weighted by Gasteiger charge is 2.27. The summed E-state index contributed by atoms with van der Waals surface area (Å²) in [7, 11) is 0. The number of carbonyl (C=O) groups excluding carboxylic acids is 2. The molecule has 8 heteroatoms. The lowest BCUT2D eigenvalue weighted by Crippen LogP contribution is -2.38. The van der Waals surface area contributed by atoms with Crippen LogP contribution in [0.2, 0.25) is 0 Å². The summed E-state index contributed by atoms with van der Waals surface area (Å²) >= 11 is 0. The lowest BCUT2D eigenvalue weighted by molar-refractivity contribution is -0.125. The number of nitrogens with one attached hydrogen (secondary N) is 2. The Bertz CT molecular complexity index is 951. The lowest BCUT2D eigenvalue weighted by Gasteiger charge is -2.20. The molecule has 1 saturated carbocycles. The number of fused-ring (bicyclic) bond motifs is 1. The first-order valence-electron chi connectivity index (χ1n) is 10.7. The molecule has 4 rings (SSSR count). The Morgan fingerprint density at radius 1 is 1.00 bits per heavy atom. The molecule has 0 radical (unpaired) electrons. The van der Waals surface area contributed by atoms with Gasteiger partial charge in [-0.2, -0.15) is 5.10 Å².